The molecule has 1 atom stereocenters. The van der Waals surface area contributed by atoms with E-state index in [1.807, 2.05) is 0 Å². The Balaban J connectivity index is 2.31. The minimum atomic E-state index is -1.49. The lowest BCUT2D eigenvalue weighted by molar-refractivity contribution is -0.146. The van der Waals surface area contributed by atoms with E-state index < -0.39 is 12.1 Å². The van der Waals surface area contributed by atoms with Crippen molar-refractivity contribution in [2.24, 2.45) is 0 Å². The minimum Gasteiger partial charge on any atom is -0.490 e. The first-order valence-corrected chi connectivity index (χ1v) is 4.60. The van der Waals surface area contributed by atoms with Crippen LogP contribution in [0.25, 0.3) is 0 Å². The van der Waals surface area contributed by atoms with Crippen molar-refractivity contribution in [2.75, 3.05) is 18.5 Å². The van der Waals surface area contributed by atoms with Crippen molar-refractivity contribution >= 4 is 11.7 Å². The summed E-state index contributed by atoms with van der Waals surface area (Å²) in [7, 11) is 0. The van der Waals surface area contributed by atoms with Gasteiger partial charge in [-0.05, 0) is 17.7 Å². The van der Waals surface area contributed by atoms with Gasteiger partial charge < -0.3 is 20.3 Å². The molecule has 2 rings (SSSR count). The minimum absolute atomic E-state index is 0.347. The standard InChI is InChI=1S/C10H11NO4/c12-9(10(13)14)6-1-2-8-7(5-6)11-3-4-15-8/h1-2,5,9,11-12H,3-4H2,(H,13,14). The summed E-state index contributed by atoms with van der Waals surface area (Å²) in [5.41, 5.74) is 1.07. The third kappa shape index (κ3) is 1.87. The Labute approximate surface area is 86.3 Å². The molecular weight excluding hydrogens is 198 g/mol. The molecular formula is C10H11NO4. The number of anilines is 1. The highest BCUT2D eigenvalue weighted by Crippen LogP contribution is 2.30. The number of aliphatic carboxylic acids is 1. The van der Waals surface area contributed by atoms with Crippen LogP contribution >= 0.6 is 0 Å². The topological polar surface area (TPSA) is 78.8 Å². The Hall–Kier alpha value is -1.75. The van der Waals surface area contributed by atoms with Crippen molar-refractivity contribution in [3.63, 3.8) is 0 Å². The van der Waals surface area contributed by atoms with Crippen molar-refractivity contribution in [1.29, 1.82) is 0 Å². The van der Waals surface area contributed by atoms with Gasteiger partial charge in [-0.1, -0.05) is 6.07 Å². The van der Waals surface area contributed by atoms with Gasteiger partial charge in [-0.25, -0.2) is 4.79 Å². The predicted molar refractivity (Wildman–Crippen MR) is 53.0 cm³/mol. The summed E-state index contributed by atoms with van der Waals surface area (Å²) in [4.78, 5) is 10.6. The smallest absolute Gasteiger partial charge is 0.337 e. The number of ether oxygens (including phenoxy) is 1. The van der Waals surface area contributed by atoms with E-state index in [4.69, 9.17) is 9.84 Å². The average Bonchev–Trinajstić information content (AvgIpc) is 2.27. The molecule has 1 aliphatic heterocycles. The second-order valence-electron chi connectivity index (χ2n) is 3.27. The molecule has 3 N–H and O–H groups in total. The van der Waals surface area contributed by atoms with Gasteiger partial charge in [0.2, 0.25) is 0 Å². The molecule has 1 aliphatic rings. The van der Waals surface area contributed by atoms with Gasteiger partial charge in [-0.2, -0.15) is 0 Å². The first-order valence-electron chi connectivity index (χ1n) is 4.60. The predicted octanol–water partition coefficient (Wildman–Crippen LogP) is 0.609. The average molecular weight is 209 g/mol. The molecule has 0 aliphatic carbocycles. The van der Waals surface area contributed by atoms with E-state index in [1.54, 1.807) is 18.2 Å². The summed E-state index contributed by atoms with van der Waals surface area (Å²) in [5.74, 6) is -0.575. The molecule has 80 valence electrons. The molecule has 0 saturated carbocycles. The fraction of sp³-hybridized carbons (Fsp3) is 0.300. The second-order valence-corrected chi connectivity index (χ2v) is 3.27. The van der Waals surface area contributed by atoms with E-state index in [0.717, 1.165) is 5.69 Å². The number of aliphatic hydroxyl groups excluding tert-OH is 1. The van der Waals surface area contributed by atoms with E-state index in [9.17, 15) is 9.90 Å². The zero-order chi connectivity index (χ0) is 10.8. The van der Waals surface area contributed by atoms with Crippen LogP contribution in [-0.4, -0.2) is 29.3 Å². The molecule has 1 unspecified atom stereocenters. The van der Waals surface area contributed by atoms with Gasteiger partial charge >= 0.3 is 5.97 Å². The maximum absolute atomic E-state index is 10.6. The van der Waals surface area contributed by atoms with E-state index >= 15 is 0 Å². The number of fused-ring (bicyclic) bond motifs is 1. The van der Waals surface area contributed by atoms with Crippen LogP contribution in [0.3, 0.4) is 0 Å². The number of carboxylic acid groups (broad SMARTS) is 1. The highest BCUT2D eigenvalue weighted by atomic mass is 16.5. The third-order valence-corrected chi connectivity index (χ3v) is 2.23. The largest absolute Gasteiger partial charge is 0.490 e. The lowest BCUT2D eigenvalue weighted by Gasteiger charge is -2.20. The SMILES string of the molecule is O=C(O)C(O)c1ccc2c(c1)NCCO2. The zero-order valence-electron chi connectivity index (χ0n) is 7.93. The number of carboxylic acids is 1. The zero-order valence-corrected chi connectivity index (χ0v) is 7.93. The number of hydrogen-bond acceptors (Lipinski definition) is 4. The van der Waals surface area contributed by atoms with Crippen molar-refractivity contribution < 1.29 is 19.7 Å². The van der Waals surface area contributed by atoms with Crippen molar-refractivity contribution in [1.82, 2.24) is 0 Å². The second kappa shape index (κ2) is 3.78. The summed E-state index contributed by atoms with van der Waals surface area (Å²) in [6.45, 7) is 1.27. The number of benzene rings is 1. The first kappa shape index (κ1) is 9.79. The van der Waals surface area contributed by atoms with Crippen LogP contribution < -0.4 is 10.1 Å². The number of rotatable bonds is 2. The molecule has 5 nitrogen and oxygen atoms in total. The summed E-state index contributed by atoms with van der Waals surface area (Å²) in [6.07, 6.45) is -1.49. The van der Waals surface area contributed by atoms with Gasteiger partial charge in [0.25, 0.3) is 0 Å². The molecule has 0 bridgehead atoms. The molecule has 0 aromatic heterocycles. The van der Waals surface area contributed by atoms with Gasteiger partial charge in [-0.15, -0.1) is 0 Å². The molecule has 15 heavy (non-hydrogen) atoms. The summed E-state index contributed by atoms with van der Waals surface area (Å²) in [6, 6.07) is 4.79. The van der Waals surface area contributed by atoms with E-state index in [0.29, 0.717) is 24.5 Å². The van der Waals surface area contributed by atoms with Gasteiger partial charge in [0.1, 0.15) is 12.4 Å². The normalized spacial score (nSPS) is 15.8. The fourth-order valence-corrected chi connectivity index (χ4v) is 1.47. The number of nitrogens with one attached hydrogen (secondary N) is 1. The number of hydrogen-bond donors (Lipinski definition) is 3. The molecule has 0 spiro atoms. The van der Waals surface area contributed by atoms with Crippen LogP contribution in [0.4, 0.5) is 5.69 Å². The van der Waals surface area contributed by atoms with Crippen LogP contribution in [0, 0.1) is 0 Å². The van der Waals surface area contributed by atoms with Gasteiger partial charge in [0.15, 0.2) is 6.10 Å². The lowest BCUT2D eigenvalue weighted by atomic mass is 10.1. The van der Waals surface area contributed by atoms with Crippen LogP contribution in [0.5, 0.6) is 5.75 Å². The molecule has 0 saturated heterocycles. The molecule has 1 aromatic carbocycles. The molecule has 0 radical (unpaired) electrons. The molecule has 5 heteroatoms. The van der Waals surface area contributed by atoms with Crippen molar-refractivity contribution in [3.05, 3.63) is 23.8 Å². The van der Waals surface area contributed by atoms with Crippen LogP contribution in [-0.2, 0) is 4.79 Å². The van der Waals surface area contributed by atoms with E-state index in [-0.39, 0.29) is 0 Å². The molecule has 0 amide bonds. The fourth-order valence-electron chi connectivity index (χ4n) is 1.47. The van der Waals surface area contributed by atoms with E-state index in [1.165, 1.54) is 0 Å². The highest BCUT2D eigenvalue weighted by Gasteiger charge is 2.18. The molecule has 0 fully saturated rings. The third-order valence-electron chi connectivity index (χ3n) is 2.23. The monoisotopic (exact) mass is 209 g/mol. The van der Waals surface area contributed by atoms with E-state index in [2.05, 4.69) is 5.32 Å². The molecule has 1 heterocycles. The lowest BCUT2D eigenvalue weighted by Crippen LogP contribution is -2.19. The van der Waals surface area contributed by atoms with Crippen molar-refractivity contribution in [3.8, 4) is 5.75 Å². The Morgan fingerprint density at radius 2 is 2.33 bits per heavy atom. The maximum Gasteiger partial charge on any atom is 0.337 e. The summed E-state index contributed by atoms with van der Waals surface area (Å²) >= 11 is 0. The maximum atomic E-state index is 10.6. The van der Waals surface area contributed by atoms with Gasteiger partial charge in [-0.3, -0.25) is 0 Å². The quantitative estimate of drug-likeness (QED) is 0.665. The summed E-state index contributed by atoms with van der Waals surface area (Å²) in [5, 5.41) is 21.0. The van der Waals surface area contributed by atoms with Crippen LogP contribution in [0.2, 0.25) is 0 Å². The van der Waals surface area contributed by atoms with Gasteiger partial charge in [0, 0.05) is 6.54 Å². The Morgan fingerprint density at radius 3 is 3.07 bits per heavy atom. The van der Waals surface area contributed by atoms with Crippen molar-refractivity contribution in [2.45, 2.75) is 6.10 Å². The highest BCUT2D eigenvalue weighted by molar-refractivity contribution is 5.75. The van der Waals surface area contributed by atoms with Gasteiger partial charge in [0.05, 0.1) is 5.69 Å². The number of carbonyl (C=O) groups is 1. The summed E-state index contributed by atoms with van der Waals surface area (Å²) < 4.78 is 5.33. The Kier molecular flexibility index (Phi) is 2.47. The Bertz CT molecular complexity index is 391. The first-order chi connectivity index (χ1) is 7.18. The van der Waals surface area contributed by atoms with Crippen LogP contribution in [0.15, 0.2) is 18.2 Å². The number of aliphatic hydroxyl groups is 1. The molecule has 1 aromatic rings. The Morgan fingerprint density at radius 1 is 1.53 bits per heavy atom. The van der Waals surface area contributed by atoms with Crippen LogP contribution in [0.1, 0.15) is 11.7 Å².